The van der Waals surface area contributed by atoms with Crippen LogP contribution in [-0.2, 0) is 0 Å². The van der Waals surface area contributed by atoms with E-state index in [4.69, 9.17) is 16.3 Å². The molecule has 0 saturated carbocycles. The highest BCUT2D eigenvalue weighted by Gasteiger charge is 2.15. The molecule has 0 spiro atoms. The van der Waals surface area contributed by atoms with Gasteiger partial charge in [0.25, 0.3) is 0 Å². The third kappa shape index (κ3) is 3.42. The Labute approximate surface area is 119 Å². The summed E-state index contributed by atoms with van der Waals surface area (Å²) in [6.07, 6.45) is -0.0766. The number of nitrogens with zero attached hydrogens (tertiary/aromatic N) is 1. The Hall–Kier alpha value is -1.67. The summed E-state index contributed by atoms with van der Waals surface area (Å²) in [4.78, 5) is 2.18. The van der Waals surface area contributed by atoms with Gasteiger partial charge in [0.2, 0.25) is 0 Å². The number of benzene rings is 2. The van der Waals surface area contributed by atoms with Crippen LogP contribution in [0.15, 0.2) is 54.6 Å². The van der Waals surface area contributed by atoms with E-state index in [0.29, 0.717) is 10.8 Å². The van der Waals surface area contributed by atoms with Gasteiger partial charge in [-0.2, -0.15) is 0 Å². The van der Waals surface area contributed by atoms with Crippen LogP contribution in [0, 0.1) is 0 Å². The van der Waals surface area contributed by atoms with Crippen molar-refractivity contribution in [1.82, 2.24) is 0 Å². The van der Waals surface area contributed by atoms with Crippen molar-refractivity contribution in [2.24, 2.45) is 0 Å². The molecule has 0 aliphatic heterocycles. The lowest BCUT2D eigenvalue weighted by atomic mass is 10.3. The molecule has 0 radical (unpaired) electrons. The highest BCUT2D eigenvalue weighted by atomic mass is 35.5. The Bertz CT molecular complexity index is 515. The van der Waals surface area contributed by atoms with Gasteiger partial charge in [-0.15, -0.1) is 0 Å². The largest absolute Gasteiger partial charge is 0.469 e. The van der Waals surface area contributed by atoms with Crippen molar-refractivity contribution in [2.45, 2.75) is 20.1 Å². The smallest absolute Gasteiger partial charge is 0.169 e. The fourth-order valence-corrected chi connectivity index (χ4v) is 2.24. The van der Waals surface area contributed by atoms with Gasteiger partial charge >= 0.3 is 0 Å². The van der Waals surface area contributed by atoms with E-state index in [1.807, 2.05) is 49.4 Å². The van der Waals surface area contributed by atoms with Crippen molar-refractivity contribution in [3.05, 3.63) is 59.6 Å². The number of halogens is 1. The lowest BCUT2D eigenvalue weighted by Crippen LogP contribution is -2.37. The average Bonchev–Trinajstić information content (AvgIpc) is 2.43. The van der Waals surface area contributed by atoms with Gasteiger partial charge in [0, 0.05) is 12.2 Å². The first-order valence-electron chi connectivity index (χ1n) is 6.45. The number of anilines is 1. The van der Waals surface area contributed by atoms with Crippen LogP contribution < -0.4 is 9.64 Å². The summed E-state index contributed by atoms with van der Waals surface area (Å²) in [6, 6.07) is 17.8. The topological polar surface area (TPSA) is 12.5 Å². The normalized spacial score (nSPS) is 11.9. The molecule has 0 aliphatic rings. The minimum atomic E-state index is -0.0766. The van der Waals surface area contributed by atoms with E-state index in [-0.39, 0.29) is 6.23 Å². The molecular weight excluding hydrogens is 258 g/mol. The summed E-state index contributed by atoms with van der Waals surface area (Å²) in [5, 5.41) is 0.637. The first kappa shape index (κ1) is 13.8. The molecule has 3 heteroatoms. The molecule has 19 heavy (non-hydrogen) atoms. The summed E-state index contributed by atoms with van der Waals surface area (Å²) in [5.41, 5.74) is 1.14. The van der Waals surface area contributed by atoms with Crippen LogP contribution in [-0.4, -0.2) is 12.8 Å². The van der Waals surface area contributed by atoms with Crippen LogP contribution >= 0.6 is 11.6 Å². The van der Waals surface area contributed by atoms with Crippen LogP contribution in [0.3, 0.4) is 0 Å². The minimum Gasteiger partial charge on any atom is -0.469 e. The maximum atomic E-state index is 6.12. The number of para-hydroxylation sites is 2. The third-order valence-electron chi connectivity index (χ3n) is 3.00. The van der Waals surface area contributed by atoms with Gasteiger partial charge < -0.3 is 9.64 Å². The second-order valence-electron chi connectivity index (χ2n) is 4.27. The molecular formula is C16H18ClNO. The zero-order chi connectivity index (χ0) is 13.7. The zero-order valence-corrected chi connectivity index (χ0v) is 12.0. The molecule has 0 amide bonds. The molecule has 1 unspecified atom stereocenters. The summed E-state index contributed by atoms with van der Waals surface area (Å²) in [5.74, 6) is 0.714. The van der Waals surface area contributed by atoms with Gasteiger partial charge in [0.15, 0.2) is 6.23 Å². The monoisotopic (exact) mass is 275 g/mol. The van der Waals surface area contributed by atoms with Gasteiger partial charge in [0.1, 0.15) is 5.75 Å². The maximum absolute atomic E-state index is 6.12. The number of hydrogen-bond acceptors (Lipinski definition) is 2. The summed E-state index contributed by atoms with van der Waals surface area (Å²) in [7, 11) is 0. The van der Waals surface area contributed by atoms with Crippen LogP contribution in [0.1, 0.15) is 13.8 Å². The maximum Gasteiger partial charge on any atom is 0.169 e. The van der Waals surface area contributed by atoms with Gasteiger partial charge in [-0.25, -0.2) is 0 Å². The minimum absolute atomic E-state index is 0.0766. The Morgan fingerprint density at radius 1 is 1.05 bits per heavy atom. The fraction of sp³-hybridized carbons (Fsp3) is 0.250. The molecule has 0 aliphatic carbocycles. The molecule has 0 N–H and O–H groups in total. The molecule has 100 valence electrons. The molecule has 0 bridgehead atoms. The Morgan fingerprint density at radius 3 is 2.32 bits per heavy atom. The molecule has 2 nitrogen and oxygen atoms in total. The van der Waals surface area contributed by atoms with E-state index in [1.54, 1.807) is 0 Å². The second kappa shape index (κ2) is 6.48. The SMILES string of the molecule is CCN(c1ccccc1)C(C)Oc1ccccc1Cl. The van der Waals surface area contributed by atoms with E-state index in [9.17, 15) is 0 Å². The Morgan fingerprint density at radius 2 is 1.68 bits per heavy atom. The molecule has 2 aromatic rings. The van der Waals surface area contributed by atoms with Crippen molar-refractivity contribution < 1.29 is 4.74 Å². The molecule has 0 aromatic heterocycles. The van der Waals surface area contributed by atoms with E-state index in [1.165, 1.54) is 0 Å². The van der Waals surface area contributed by atoms with Gasteiger partial charge in [-0.05, 0) is 38.1 Å². The first-order valence-corrected chi connectivity index (χ1v) is 6.83. The van der Waals surface area contributed by atoms with Gasteiger partial charge in [-0.1, -0.05) is 41.9 Å². The standard InChI is InChI=1S/C16H18ClNO/c1-3-18(14-9-5-4-6-10-14)13(2)19-16-12-8-7-11-15(16)17/h4-13H,3H2,1-2H3. The summed E-state index contributed by atoms with van der Waals surface area (Å²) in [6.45, 7) is 5.01. The third-order valence-corrected chi connectivity index (χ3v) is 3.31. The van der Waals surface area contributed by atoms with Gasteiger partial charge in [0.05, 0.1) is 5.02 Å². The van der Waals surface area contributed by atoms with Crippen LogP contribution in [0.4, 0.5) is 5.69 Å². The van der Waals surface area contributed by atoms with Crippen LogP contribution in [0.2, 0.25) is 5.02 Å². The van der Waals surface area contributed by atoms with Crippen LogP contribution in [0.5, 0.6) is 5.75 Å². The number of hydrogen-bond donors (Lipinski definition) is 0. The van der Waals surface area contributed by atoms with Gasteiger partial charge in [-0.3, -0.25) is 0 Å². The molecule has 2 aromatic carbocycles. The summed E-state index contributed by atoms with van der Waals surface area (Å²) >= 11 is 6.12. The lowest BCUT2D eigenvalue weighted by molar-refractivity contribution is 0.216. The van der Waals surface area contributed by atoms with Crippen molar-refractivity contribution in [3.8, 4) is 5.75 Å². The van der Waals surface area contributed by atoms with E-state index in [2.05, 4.69) is 24.0 Å². The summed E-state index contributed by atoms with van der Waals surface area (Å²) < 4.78 is 5.95. The highest BCUT2D eigenvalue weighted by molar-refractivity contribution is 6.32. The highest BCUT2D eigenvalue weighted by Crippen LogP contribution is 2.26. The quantitative estimate of drug-likeness (QED) is 0.740. The van der Waals surface area contributed by atoms with E-state index >= 15 is 0 Å². The van der Waals surface area contributed by atoms with E-state index < -0.39 is 0 Å². The Kier molecular flexibility index (Phi) is 4.69. The predicted molar refractivity (Wildman–Crippen MR) is 81.0 cm³/mol. The van der Waals surface area contributed by atoms with Crippen molar-refractivity contribution in [1.29, 1.82) is 0 Å². The molecule has 0 saturated heterocycles. The molecule has 0 fully saturated rings. The average molecular weight is 276 g/mol. The first-order chi connectivity index (χ1) is 9.22. The second-order valence-corrected chi connectivity index (χ2v) is 4.68. The van der Waals surface area contributed by atoms with E-state index in [0.717, 1.165) is 12.2 Å². The van der Waals surface area contributed by atoms with Crippen molar-refractivity contribution in [3.63, 3.8) is 0 Å². The number of rotatable bonds is 5. The van der Waals surface area contributed by atoms with Crippen molar-refractivity contribution in [2.75, 3.05) is 11.4 Å². The molecule has 0 heterocycles. The molecule has 2 rings (SSSR count). The molecule has 1 atom stereocenters. The fourth-order valence-electron chi connectivity index (χ4n) is 2.06. The lowest BCUT2D eigenvalue weighted by Gasteiger charge is -2.30. The number of ether oxygens (including phenoxy) is 1. The van der Waals surface area contributed by atoms with Crippen molar-refractivity contribution >= 4 is 17.3 Å². The zero-order valence-electron chi connectivity index (χ0n) is 11.2. The Balaban J connectivity index is 2.14. The predicted octanol–water partition coefficient (Wildman–Crippen LogP) is 4.59. The van der Waals surface area contributed by atoms with Crippen LogP contribution in [0.25, 0.3) is 0 Å².